The van der Waals surface area contributed by atoms with Crippen molar-refractivity contribution in [1.29, 1.82) is 0 Å². The van der Waals surface area contributed by atoms with Crippen LogP contribution in [0.15, 0.2) is 28.2 Å². The third kappa shape index (κ3) is 7.07. The highest BCUT2D eigenvalue weighted by atomic mass is 35.5. The average molecular weight is 463 g/mol. The quantitative estimate of drug-likeness (QED) is 0.407. The van der Waals surface area contributed by atoms with Crippen molar-refractivity contribution in [3.05, 3.63) is 44.3 Å². The van der Waals surface area contributed by atoms with E-state index in [1.165, 1.54) is 25.9 Å². The van der Waals surface area contributed by atoms with E-state index in [-0.39, 0.29) is 11.0 Å². The Balaban J connectivity index is 0.000000291. The molecule has 2 amide bonds. The van der Waals surface area contributed by atoms with Crippen molar-refractivity contribution in [2.24, 2.45) is 0 Å². The van der Waals surface area contributed by atoms with Crippen LogP contribution >= 0.6 is 35.0 Å². The van der Waals surface area contributed by atoms with Crippen molar-refractivity contribution >= 4 is 46.7 Å². The van der Waals surface area contributed by atoms with E-state index >= 15 is 0 Å². The fraction of sp³-hybridized carbons (Fsp3) is 0.412. The highest BCUT2D eigenvalue weighted by molar-refractivity contribution is 7.98. The van der Waals surface area contributed by atoms with Crippen LogP contribution < -0.4 is 16.7 Å². The van der Waals surface area contributed by atoms with Crippen molar-refractivity contribution in [2.45, 2.75) is 31.3 Å². The molecule has 29 heavy (non-hydrogen) atoms. The first-order valence-corrected chi connectivity index (χ1v) is 10.2. The summed E-state index contributed by atoms with van der Waals surface area (Å²) in [6.45, 7) is 5.70. The van der Waals surface area contributed by atoms with Crippen molar-refractivity contribution in [1.82, 2.24) is 19.9 Å². The molecule has 1 aromatic carbocycles. The summed E-state index contributed by atoms with van der Waals surface area (Å²) < 4.78 is 1.04. The number of nitrogens with one attached hydrogen (secondary N) is 1. The number of carbonyl (C=O) groups excluding carboxylic acids is 1. The van der Waals surface area contributed by atoms with Gasteiger partial charge in [0, 0.05) is 18.2 Å². The van der Waals surface area contributed by atoms with E-state index in [1.807, 2.05) is 20.8 Å². The normalized spacial score (nSPS) is 10.8. The Morgan fingerprint density at radius 1 is 1.28 bits per heavy atom. The maximum absolute atomic E-state index is 11.7. The average Bonchev–Trinajstić information content (AvgIpc) is 2.65. The van der Waals surface area contributed by atoms with E-state index < -0.39 is 6.03 Å². The predicted molar refractivity (Wildman–Crippen MR) is 117 cm³/mol. The minimum absolute atomic E-state index is 0.281. The molecule has 3 N–H and O–H groups in total. The lowest BCUT2D eigenvalue weighted by Crippen LogP contribution is -2.37. The molecule has 0 aliphatic carbocycles. The monoisotopic (exact) mass is 462 g/mol. The largest absolute Gasteiger partial charge is 0.345 e. The van der Waals surface area contributed by atoms with Gasteiger partial charge in [-0.2, -0.15) is 4.68 Å². The molecule has 1 heterocycles. The second-order valence-corrected chi connectivity index (χ2v) is 8.29. The molecule has 0 aliphatic heterocycles. The number of nitrogens with two attached hydrogens (primary N) is 1. The van der Waals surface area contributed by atoms with Gasteiger partial charge in [-0.1, -0.05) is 55.7 Å². The molecule has 0 bridgehead atoms. The van der Waals surface area contributed by atoms with Gasteiger partial charge in [0.05, 0.1) is 17.2 Å². The summed E-state index contributed by atoms with van der Waals surface area (Å²) in [5.74, 6) is 5.57. The minimum Gasteiger partial charge on any atom is -0.334 e. The van der Waals surface area contributed by atoms with Crippen LogP contribution in [-0.4, -0.2) is 46.4 Å². The smallest absolute Gasteiger partial charge is 0.334 e. The SMILES string of the molecule is CON(C)C(=O)Nc1ccc(Cl)c(Cl)c1.CSc1nnc(C(C)(C)C)c(=O)n1N. The van der Waals surface area contributed by atoms with Crippen LogP contribution in [0, 0.1) is 0 Å². The molecule has 160 valence electrons. The number of carbonyl (C=O) groups is 1. The first-order chi connectivity index (χ1) is 13.4. The minimum atomic E-state index is -0.393. The van der Waals surface area contributed by atoms with Crippen molar-refractivity contribution in [3.63, 3.8) is 0 Å². The van der Waals surface area contributed by atoms with Gasteiger partial charge in [0.25, 0.3) is 5.56 Å². The van der Waals surface area contributed by atoms with Crippen molar-refractivity contribution in [3.8, 4) is 0 Å². The second kappa shape index (κ2) is 10.7. The first-order valence-electron chi connectivity index (χ1n) is 8.25. The Bertz CT molecular complexity index is 917. The van der Waals surface area contributed by atoms with E-state index in [2.05, 4.69) is 15.5 Å². The number of nitrogens with zero attached hydrogens (tertiary/aromatic N) is 4. The van der Waals surface area contributed by atoms with Gasteiger partial charge in [-0.05, 0) is 24.5 Å². The molecule has 0 aliphatic rings. The lowest BCUT2D eigenvalue weighted by atomic mass is 9.93. The fourth-order valence-corrected chi connectivity index (χ4v) is 2.55. The number of aromatic nitrogens is 3. The Labute approximate surface area is 183 Å². The van der Waals surface area contributed by atoms with Gasteiger partial charge in [-0.15, -0.1) is 10.2 Å². The number of urea groups is 1. The Morgan fingerprint density at radius 3 is 2.38 bits per heavy atom. The molecule has 0 spiro atoms. The summed E-state index contributed by atoms with van der Waals surface area (Å²) >= 11 is 12.8. The highest BCUT2D eigenvalue weighted by Crippen LogP contribution is 2.25. The van der Waals surface area contributed by atoms with Crippen LogP contribution in [0.3, 0.4) is 0 Å². The number of hydrogen-bond donors (Lipinski definition) is 2. The predicted octanol–water partition coefficient (Wildman–Crippen LogP) is 3.39. The van der Waals surface area contributed by atoms with Gasteiger partial charge in [-0.3, -0.25) is 9.63 Å². The van der Waals surface area contributed by atoms with E-state index in [9.17, 15) is 9.59 Å². The van der Waals surface area contributed by atoms with E-state index in [4.69, 9.17) is 33.9 Å². The lowest BCUT2D eigenvalue weighted by Gasteiger charge is -2.16. The van der Waals surface area contributed by atoms with Gasteiger partial charge in [0.1, 0.15) is 5.69 Å². The first kappa shape index (κ1) is 25.0. The molecule has 2 aromatic rings. The van der Waals surface area contributed by atoms with Gasteiger partial charge in [-0.25, -0.2) is 9.86 Å². The number of rotatable bonds is 3. The number of anilines is 1. The number of thioether (sulfide) groups is 1. The van der Waals surface area contributed by atoms with Crippen LogP contribution in [0.5, 0.6) is 0 Å². The van der Waals surface area contributed by atoms with Gasteiger partial charge < -0.3 is 11.2 Å². The van der Waals surface area contributed by atoms with Crippen LogP contribution in [0.25, 0.3) is 0 Å². The maximum Gasteiger partial charge on any atom is 0.345 e. The highest BCUT2D eigenvalue weighted by Gasteiger charge is 2.22. The van der Waals surface area contributed by atoms with E-state index in [0.717, 1.165) is 9.74 Å². The number of hydrogen-bond acceptors (Lipinski definition) is 7. The van der Waals surface area contributed by atoms with Gasteiger partial charge in [0.15, 0.2) is 0 Å². The van der Waals surface area contributed by atoms with Crippen LogP contribution in [0.1, 0.15) is 26.5 Å². The van der Waals surface area contributed by atoms with Crippen molar-refractivity contribution < 1.29 is 9.63 Å². The standard InChI is InChI=1S/C9H10Cl2N2O2.C8H14N4OS/c1-13(15-2)9(14)12-6-3-4-7(10)8(11)5-6;1-8(2,3)5-6(13)12(9)7(14-4)11-10-5/h3-5H,1-2H3,(H,12,14);9H2,1-4H3. The zero-order valence-corrected chi connectivity index (χ0v) is 19.3. The number of halogens is 2. The Hall–Kier alpha value is -2.01. The number of amides is 2. The van der Waals surface area contributed by atoms with Crippen LogP contribution in [0.4, 0.5) is 10.5 Å². The number of nitrogen functional groups attached to an aromatic ring is 1. The zero-order chi connectivity index (χ0) is 22.4. The lowest BCUT2D eigenvalue weighted by molar-refractivity contribution is -0.0598. The summed E-state index contributed by atoms with van der Waals surface area (Å²) in [6.07, 6.45) is 1.80. The summed E-state index contributed by atoms with van der Waals surface area (Å²) in [6, 6.07) is 4.42. The van der Waals surface area contributed by atoms with E-state index in [0.29, 0.717) is 26.6 Å². The molecule has 0 unspecified atom stereocenters. The summed E-state index contributed by atoms with van der Waals surface area (Å²) in [5.41, 5.74) is 0.329. The number of benzene rings is 1. The van der Waals surface area contributed by atoms with Crippen LogP contribution in [-0.2, 0) is 10.3 Å². The molecule has 1 aromatic heterocycles. The summed E-state index contributed by atoms with van der Waals surface area (Å²) in [4.78, 5) is 27.8. The third-order valence-corrected chi connectivity index (χ3v) is 4.87. The van der Waals surface area contributed by atoms with Crippen LogP contribution in [0.2, 0.25) is 10.0 Å². The third-order valence-electron chi connectivity index (χ3n) is 3.49. The molecule has 12 heteroatoms. The molecular weight excluding hydrogens is 439 g/mol. The van der Waals surface area contributed by atoms with Gasteiger partial charge >= 0.3 is 6.03 Å². The summed E-state index contributed by atoms with van der Waals surface area (Å²) in [7, 11) is 2.89. The Kier molecular flexibility index (Phi) is 9.21. The molecule has 9 nitrogen and oxygen atoms in total. The molecular formula is C17H24Cl2N6O3S. The molecule has 0 saturated heterocycles. The molecule has 0 saturated carbocycles. The summed E-state index contributed by atoms with van der Waals surface area (Å²) in [5, 5.41) is 12.7. The van der Waals surface area contributed by atoms with E-state index in [1.54, 1.807) is 24.5 Å². The Morgan fingerprint density at radius 2 is 1.90 bits per heavy atom. The fourth-order valence-electron chi connectivity index (χ4n) is 1.85. The number of hydroxylamine groups is 2. The zero-order valence-electron chi connectivity index (χ0n) is 17.0. The second-order valence-electron chi connectivity index (χ2n) is 6.70. The van der Waals surface area contributed by atoms with Gasteiger partial charge in [0.2, 0.25) is 5.16 Å². The molecule has 0 atom stereocenters. The van der Waals surface area contributed by atoms with Crippen molar-refractivity contribution in [2.75, 3.05) is 31.6 Å². The molecule has 0 fully saturated rings. The topological polar surface area (TPSA) is 115 Å². The maximum atomic E-state index is 11.7. The molecule has 0 radical (unpaired) electrons. The molecule has 2 rings (SSSR count).